The lowest BCUT2D eigenvalue weighted by Gasteiger charge is -1.90. The Bertz CT molecular complexity index is 701. The quantitative estimate of drug-likeness (QED) is 0.635. The smallest absolute Gasteiger partial charge is 0.150 e. The first kappa shape index (κ1) is 10.7. The highest BCUT2D eigenvalue weighted by atomic mass is 35.5. The minimum Gasteiger partial charge on any atom is -0.275 e. The molecule has 4 nitrogen and oxygen atoms in total. The molecule has 0 bridgehead atoms. The first-order chi connectivity index (χ1) is 8.15. The van der Waals surface area contributed by atoms with Gasteiger partial charge in [0.05, 0.1) is 15.9 Å². The molecule has 3 rings (SSSR count). The van der Waals surface area contributed by atoms with Crippen LogP contribution in [0, 0.1) is 6.92 Å². The number of nitrogens with zero attached hydrogens (tertiary/aromatic N) is 4. The molecule has 0 saturated carbocycles. The minimum atomic E-state index is 0.507. The van der Waals surface area contributed by atoms with E-state index >= 15 is 0 Å². The molecule has 0 aliphatic carbocycles. The molecular weight excluding hydrogens is 256 g/mol. The SMILES string of the molecule is Cc1nn(C)cc1-c1cc2ncnc(Cl)c2s1. The van der Waals surface area contributed by atoms with Gasteiger partial charge in [0.25, 0.3) is 0 Å². The lowest BCUT2D eigenvalue weighted by molar-refractivity contribution is 0.756. The fourth-order valence-corrected chi connectivity index (χ4v) is 3.11. The molecule has 0 fully saturated rings. The number of aryl methyl sites for hydroxylation is 2. The fourth-order valence-electron chi connectivity index (χ4n) is 1.80. The van der Waals surface area contributed by atoms with Crippen molar-refractivity contribution in [3.63, 3.8) is 0 Å². The fraction of sp³-hybridized carbons (Fsp3) is 0.182. The van der Waals surface area contributed by atoms with E-state index in [4.69, 9.17) is 11.6 Å². The Kier molecular flexibility index (Phi) is 2.38. The van der Waals surface area contributed by atoms with Crippen molar-refractivity contribution in [2.75, 3.05) is 0 Å². The highest BCUT2D eigenvalue weighted by Crippen LogP contribution is 2.36. The van der Waals surface area contributed by atoms with Crippen molar-refractivity contribution in [2.45, 2.75) is 6.92 Å². The summed E-state index contributed by atoms with van der Waals surface area (Å²) in [5, 5.41) is 4.84. The summed E-state index contributed by atoms with van der Waals surface area (Å²) in [6, 6.07) is 2.03. The predicted octanol–water partition coefficient (Wildman–Crippen LogP) is 3.05. The van der Waals surface area contributed by atoms with Crippen LogP contribution in [0.15, 0.2) is 18.6 Å². The molecule has 86 valence electrons. The average Bonchev–Trinajstić information content (AvgIpc) is 2.82. The molecule has 0 aliphatic heterocycles. The van der Waals surface area contributed by atoms with Crippen molar-refractivity contribution in [2.24, 2.45) is 7.05 Å². The van der Waals surface area contributed by atoms with E-state index in [9.17, 15) is 0 Å². The van der Waals surface area contributed by atoms with E-state index in [1.165, 1.54) is 6.33 Å². The zero-order valence-electron chi connectivity index (χ0n) is 9.31. The van der Waals surface area contributed by atoms with Crippen molar-refractivity contribution in [1.29, 1.82) is 0 Å². The molecule has 0 amide bonds. The van der Waals surface area contributed by atoms with Gasteiger partial charge in [0.2, 0.25) is 0 Å². The molecule has 0 spiro atoms. The van der Waals surface area contributed by atoms with Gasteiger partial charge in [-0.2, -0.15) is 5.10 Å². The standard InChI is InChI=1S/C11H9ClN4S/c1-6-7(4-16(2)15-6)9-3-8-10(17-9)11(12)14-5-13-8/h3-5H,1-2H3. The molecule has 0 aliphatic rings. The van der Waals surface area contributed by atoms with Crippen LogP contribution in [0.3, 0.4) is 0 Å². The van der Waals surface area contributed by atoms with Crippen LogP contribution in [0.1, 0.15) is 5.69 Å². The molecule has 0 saturated heterocycles. The van der Waals surface area contributed by atoms with E-state index in [0.29, 0.717) is 5.15 Å². The molecule has 3 aromatic rings. The summed E-state index contributed by atoms with van der Waals surface area (Å²) in [5.41, 5.74) is 3.00. The molecule has 0 N–H and O–H groups in total. The summed E-state index contributed by atoms with van der Waals surface area (Å²) in [6.07, 6.45) is 3.48. The van der Waals surface area contributed by atoms with Crippen LogP contribution in [0.25, 0.3) is 20.7 Å². The molecule has 17 heavy (non-hydrogen) atoms. The topological polar surface area (TPSA) is 43.6 Å². The third-order valence-corrected chi connectivity index (χ3v) is 4.11. The maximum Gasteiger partial charge on any atom is 0.150 e. The van der Waals surface area contributed by atoms with Gasteiger partial charge in [-0.05, 0) is 13.0 Å². The summed E-state index contributed by atoms with van der Waals surface area (Å²) in [4.78, 5) is 9.32. The first-order valence-corrected chi connectivity index (χ1v) is 6.25. The average molecular weight is 265 g/mol. The molecular formula is C11H9ClN4S. The maximum absolute atomic E-state index is 6.04. The van der Waals surface area contributed by atoms with Gasteiger partial charge in [-0.25, -0.2) is 9.97 Å². The largest absolute Gasteiger partial charge is 0.275 e. The summed E-state index contributed by atoms with van der Waals surface area (Å²) in [6.45, 7) is 1.99. The molecule has 0 aromatic carbocycles. The Morgan fingerprint density at radius 1 is 1.35 bits per heavy atom. The Morgan fingerprint density at radius 3 is 2.82 bits per heavy atom. The lowest BCUT2D eigenvalue weighted by atomic mass is 10.2. The van der Waals surface area contributed by atoms with Gasteiger partial charge in [-0.1, -0.05) is 11.6 Å². The molecule has 0 radical (unpaired) electrons. The van der Waals surface area contributed by atoms with Gasteiger partial charge in [0.15, 0.2) is 0 Å². The number of hydrogen-bond donors (Lipinski definition) is 0. The van der Waals surface area contributed by atoms with Crippen LogP contribution in [-0.2, 0) is 7.05 Å². The molecule has 0 unspecified atom stereocenters. The highest BCUT2D eigenvalue weighted by Gasteiger charge is 2.12. The lowest BCUT2D eigenvalue weighted by Crippen LogP contribution is -1.86. The van der Waals surface area contributed by atoms with Gasteiger partial charge >= 0.3 is 0 Å². The summed E-state index contributed by atoms with van der Waals surface area (Å²) >= 11 is 7.64. The van der Waals surface area contributed by atoms with Crippen LogP contribution in [-0.4, -0.2) is 19.7 Å². The van der Waals surface area contributed by atoms with Crippen LogP contribution in [0.5, 0.6) is 0 Å². The number of rotatable bonds is 1. The van der Waals surface area contributed by atoms with Crippen LogP contribution in [0.4, 0.5) is 0 Å². The number of halogens is 1. The molecule has 0 atom stereocenters. The Labute approximate surface area is 107 Å². The van der Waals surface area contributed by atoms with E-state index in [-0.39, 0.29) is 0 Å². The van der Waals surface area contributed by atoms with Crippen molar-refractivity contribution in [3.05, 3.63) is 29.4 Å². The van der Waals surface area contributed by atoms with Crippen LogP contribution < -0.4 is 0 Å². The Balaban J connectivity index is 2.25. The minimum absolute atomic E-state index is 0.507. The Hall–Kier alpha value is -1.46. The van der Waals surface area contributed by atoms with Gasteiger partial charge in [-0.15, -0.1) is 11.3 Å². The number of hydrogen-bond acceptors (Lipinski definition) is 4. The predicted molar refractivity (Wildman–Crippen MR) is 69.4 cm³/mol. The first-order valence-electron chi connectivity index (χ1n) is 5.06. The van der Waals surface area contributed by atoms with Crippen LogP contribution >= 0.6 is 22.9 Å². The van der Waals surface area contributed by atoms with Crippen molar-refractivity contribution in [1.82, 2.24) is 19.7 Å². The van der Waals surface area contributed by atoms with E-state index in [0.717, 1.165) is 26.4 Å². The van der Waals surface area contributed by atoms with E-state index in [2.05, 4.69) is 15.1 Å². The number of fused-ring (bicyclic) bond motifs is 1. The number of aromatic nitrogens is 4. The van der Waals surface area contributed by atoms with Gasteiger partial charge < -0.3 is 0 Å². The number of thiophene rings is 1. The van der Waals surface area contributed by atoms with Crippen molar-refractivity contribution < 1.29 is 0 Å². The third-order valence-electron chi connectivity index (χ3n) is 2.55. The van der Waals surface area contributed by atoms with Crippen molar-refractivity contribution in [3.8, 4) is 10.4 Å². The second-order valence-electron chi connectivity index (χ2n) is 3.79. The normalized spacial score (nSPS) is 11.2. The molecule has 6 heteroatoms. The second-order valence-corrected chi connectivity index (χ2v) is 5.20. The second kappa shape index (κ2) is 3.78. The molecule has 3 aromatic heterocycles. The monoisotopic (exact) mass is 264 g/mol. The summed E-state index contributed by atoms with van der Waals surface area (Å²) in [5.74, 6) is 0. The maximum atomic E-state index is 6.04. The van der Waals surface area contributed by atoms with Crippen LogP contribution in [0.2, 0.25) is 5.15 Å². The van der Waals surface area contributed by atoms with Gasteiger partial charge in [-0.3, -0.25) is 4.68 Å². The van der Waals surface area contributed by atoms with Gasteiger partial charge in [0.1, 0.15) is 11.5 Å². The van der Waals surface area contributed by atoms with Gasteiger partial charge in [0, 0.05) is 23.7 Å². The highest BCUT2D eigenvalue weighted by molar-refractivity contribution is 7.22. The third kappa shape index (κ3) is 1.71. The zero-order valence-corrected chi connectivity index (χ0v) is 10.9. The van der Waals surface area contributed by atoms with E-state index in [1.54, 1.807) is 11.3 Å². The van der Waals surface area contributed by atoms with E-state index < -0.39 is 0 Å². The zero-order chi connectivity index (χ0) is 12.0. The summed E-state index contributed by atoms with van der Waals surface area (Å²) in [7, 11) is 1.91. The molecule has 3 heterocycles. The Morgan fingerprint density at radius 2 is 2.18 bits per heavy atom. The van der Waals surface area contributed by atoms with E-state index in [1.807, 2.05) is 30.9 Å². The summed E-state index contributed by atoms with van der Waals surface area (Å²) < 4.78 is 2.73. The van der Waals surface area contributed by atoms with Crippen molar-refractivity contribution >= 4 is 33.2 Å².